The molecule has 3 N–H and O–H groups in total. The molecule has 98 valence electrons. The highest BCUT2D eigenvalue weighted by Crippen LogP contribution is 2.22. The highest BCUT2D eigenvalue weighted by Gasteiger charge is 2.10. The SMILES string of the molecule is Cc1ccc(N)c(C(=O)Nc2ccc(C)c(Br)c2)c1. The number of nitrogens with two attached hydrogens (primary N) is 1. The van der Waals surface area contributed by atoms with E-state index in [2.05, 4.69) is 21.2 Å². The Hall–Kier alpha value is -1.81. The van der Waals surface area contributed by atoms with Crippen molar-refractivity contribution in [1.29, 1.82) is 0 Å². The Labute approximate surface area is 121 Å². The number of benzene rings is 2. The predicted octanol–water partition coefficient (Wildman–Crippen LogP) is 3.90. The van der Waals surface area contributed by atoms with Crippen molar-refractivity contribution in [2.24, 2.45) is 0 Å². The highest BCUT2D eigenvalue weighted by molar-refractivity contribution is 9.10. The van der Waals surface area contributed by atoms with Gasteiger partial charge in [0.1, 0.15) is 0 Å². The molecule has 2 aromatic rings. The summed E-state index contributed by atoms with van der Waals surface area (Å²) in [6.45, 7) is 3.92. The summed E-state index contributed by atoms with van der Waals surface area (Å²) in [5, 5.41) is 2.85. The molecule has 2 rings (SSSR count). The Morgan fingerprint density at radius 1 is 1.16 bits per heavy atom. The lowest BCUT2D eigenvalue weighted by Gasteiger charge is -2.09. The second-order valence-electron chi connectivity index (χ2n) is 4.51. The summed E-state index contributed by atoms with van der Waals surface area (Å²) in [6.07, 6.45) is 0. The summed E-state index contributed by atoms with van der Waals surface area (Å²) < 4.78 is 0.961. The van der Waals surface area contributed by atoms with Crippen LogP contribution in [0.15, 0.2) is 40.9 Å². The normalized spacial score (nSPS) is 10.3. The first-order chi connectivity index (χ1) is 8.97. The van der Waals surface area contributed by atoms with Gasteiger partial charge in [-0.3, -0.25) is 4.79 Å². The smallest absolute Gasteiger partial charge is 0.257 e. The van der Waals surface area contributed by atoms with Gasteiger partial charge in [-0.15, -0.1) is 0 Å². The number of carbonyl (C=O) groups excluding carboxylic acids is 1. The van der Waals surface area contributed by atoms with E-state index in [1.54, 1.807) is 12.1 Å². The van der Waals surface area contributed by atoms with Crippen LogP contribution in [0.1, 0.15) is 21.5 Å². The second kappa shape index (κ2) is 5.45. The molecule has 0 heterocycles. The maximum atomic E-state index is 12.2. The van der Waals surface area contributed by atoms with Crippen molar-refractivity contribution in [2.75, 3.05) is 11.1 Å². The Balaban J connectivity index is 2.25. The summed E-state index contributed by atoms with van der Waals surface area (Å²) in [5.74, 6) is -0.197. The van der Waals surface area contributed by atoms with Crippen molar-refractivity contribution in [1.82, 2.24) is 0 Å². The second-order valence-corrected chi connectivity index (χ2v) is 5.36. The zero-order chi connectivity index (χ0) is 14.0. The molecule has 3 nitrogen and oxygen atoms in total. The molecule has 1 amide bonds. The first-order valence-corrected chi connectivity index (χ1v) is 6.70. The minimum atomic E-state index is -0.197. The molecular weight excluding hydrogens is 304 g/mol. The fourth-order valence-corrected chi connectivity index (χ4v) is 2.11. The van der Waals surface area contributed by atoms with Gasteiger partial charge in [-0.2, -0.15) is 0 Å². The molecule has 0 spiro atoms. The number of carbonyl (C=O) groups is 1. The van der Waals surface area contributed by atoms with Crippen molar-refractivity contribution >= 4 is 33.2 Å². The Morgan fingerprint density at radius 3 is 2.58 bits per heavy atom. The monoisotopic (exact) mass is 318 g/mol. The van der Waals surface area contributed by atoms with Gasteiger partial charge in [-0.25, -0.2) is 0 Å². The molecule has 19 heavy (non-hydrogen) atoms. The van der Waals surface area contributed by atoms with Crippen LogP contribution < -0.4 is 11.1 Å². The largest absolute Gasteiger partial charge is 0.398 e. The van der Waals surface area contributed by atoms with Crippen LogP contribution in [0.2, 0.25) is 0 Å². The number of anilines is 2. The molecule has 2 aromatic carbocycles. The number of rotatable bonds is 2. The molecule has 0 aliphatic carbocycles. The van der Waals surface area contributed by atoms with Crippen molar-refractivity contribution < 1.29 is 4.79 Å². The average Bonchev–Trinajstić information content (AvgIpc) is 2.36. The van der Waals surface area contributed by atoms with Crippen LogP contribution in [0.25, 0.3) is 0 Å². The van der Waals surface area contributed by atoms with E-state index in [-0.39, 0.29) is 5.91 Å². The van der Waals surface area contributed by atoms with E-state index >= 15 is 0 Å². The van der Waals surface area contributed by atoms with Crippen LogP contribution in [0, 0.1) is 13.8 Å². The summed E-state index contributed by atoms with van der Waals surface area (Å²) in [5.41, 5.74) is 9.67. The van der Waals surface area contributed by atoms with E-state index in [1.807, 2.05) is 38.1 Å². The van der Waals surface area contributed by atoms with Gasteiger partial charge >= 0.3 is 0 Å². The van der Waals surface area contributed by atoms with E-state index in [4.69, 9.17) is 5.73 Å². The lowest BCUT2D eigenvalue weighted by Crippen LogP contribution is -2.14. The van der Waals surface area contributed by atoms with Gasteiger partial charge in [0.05, 0.1) is 5.56 Å². The van der Waals surface area contributed by atoms with Crippen molar-refractivity contribution in [3.63, 3.8) is 0 Å². The number of aryl methyl sites for hydroxylation is 2. The lowest BCUT2D eigenvalue weighted by molar-refractivity contribution is 0.102. The van der Waals surface area contributed by atoms with E-state index in [9.17, 15) is 4.79 Å². The fourth-order valence-electron chi connectivity index (χ4n) is 1.74. The third kappa shape index (κ3) is 3.15. The van der Waals surface area contributed by atoms with E-state index in [0.29, 0.717) is 11.3 Å². The molecule has 4 heteroatoms. The molecular formula is C15H15BrN2O. The fraction of sp³-hybridized carbons (Fsp3) is 0.133. The van der Waals surface area contributed by atoms with E-state index in [0.717, 1.165) is 21.3 Å². The minimum Gasteiger partial charge on any atom is -0.398 e. The first kappa shape index (κ1) is 13.6. The van der Waals surface area contributed by atoms with Gasteiger partial charge in [-0.1, -0.05) is 33.6 Å². The maximum Gasteiger partial charge on any atom is 0.257 e. The molecule has 0 unspecified atom stereocenters. The zero-order valence-corrected chi connectivity index (χ0v) is 12.4. The van der Waals surface area contributed by atoms with Crippen LogP contribution in [0.5, 0.6) is 0 Å². The average molecular weight is 319 g/mol. The third-order valence-electron chi connectivity index (χ3n) is 2.88. The molecule has 0 aliphatic heterocycles. The van der Waals surface area contributed by atoms with Crippen molar-refractivity contribution in [3.05, 3.63) is 57.6 Å². The maximum absolute atomic E-state index is 12.2. The van der Waals surface area contributed by atoms with Gasteiger partial charge in [0.25, 0.3) is 5.91 Å². The van der Waals surface area contributed by atoms with Gasteiger partial charge in [0.15, 0.2) is 0 Å². The summed E-state index contributed by atoms with van der Waals surface area (Å²) >= 11 is 3.44. The molecule has 0 aliphatic rings. The van der Waals surface area contributed by atoms with E-state index < -0.39 is 0 Å². The summed E-state index contributed by atoms with van der Waals surface area (Å²) in [7, 11) is 0. The molecule has 0 aromatic heterocycles. The Kier molecular flexibility index (Phi) is 3.90. The van der Waals surface area contributed by atoms with Crippen molar-refractivity contribution in [2.45, 2.75) is 13.8 Å². The van der Waals surface area contributed by atoms with Gasteiger partial charge in [0, 0.05) is 15.8 Å². The highest BCUT2D eigenvalue weighted by atomic mass is 79.9. The van der Waals surface area contributed by atoms with Gasteiger partial charge < -0.3 is 11.1 Å². The van der Waals surface area contributed by atoms with Gasteiger partial charge in [0.2, 0.25) is 0 Å². The van der Waals surface area contributed by atoms with Crippen LogP contribution >= 0.6 is 15.9 Å². The van der Waals surface area contributed by atoms with Crippen LogP contribution in [-0.4, -0.2) is 5.91 Å². The predicted molar refractivity (Wildman–Crippen MR) is 82.4 cm³/mol. The zero-order valence-electron chi connectivity index (χ0n) is 10.8. The molecule has 0 atom stereocenters. The van der Waals surface area contributed by atoms with Crippen LogP contribution in [-0.2, 0) is 0 Å². The number of halogens is 1. The summed E-state index contributed by atoms with van der Waals surface area (Å²) in [4.78, 5) is 12.2. The number of hydrogen-bond donors (Lipinski definition) is 2. The standard InChI is InChI=1S/C15H15BrN2O/c1-9-3-6-14(17)12(7-9)15(19)18-11-5-4-10(2)13(16)8-11/h3-8H,17H2,1-2H3,(H,18,19). The Morgan fingerprint density at radius 2 is 1.89 bits per heavy atom. The molecule has 0 saturated heterocycles. The molecule has 0 saturated carbocycles. The summed E-state index contributed by atoms with van der Waals surface area (Å²) in [6, 6.07) is 11.1. The Bertz CT molecular complexity index is 638. The minimum absolute atomic E-state index is 0.197. The lowest BCUT2D eigenvalue weighted by atomic mass is 10.1. The molecule has 0 radical (unpaired) electrons. The first-order valence-electron chi connectivity index (χ1n) is 5.91. The van der Waals surface area contributed by atoms with Crippen LogP contribution in [0.4, 0.5) is 11.4 Å². The topological polar surface area (TPSA) is 55.1 Å². The number of hydrogen-bond acceptors (Lipinski definition) is 2. The number of nitrogen functional groups attached to an aromatic ring is 1. The third-order valence-corrected chi connectivity index (χ3v) is 3.74. The molecule has 0 fully saturated rings. The number of nitrogens with one attached hydrogen (secondary N) is 1. The van der Waals surface area contributed by atoms with Gasteiger partial charge in [-0.05, 0) is 43.7 Å². The van der Waals surface area contributed by atoms with Crippen molar-refractivity contribution in [3.8, 4) is 0 Å². The quantitative estimate of drug-likeness (QED) is 0.825. The van der Waals surface area contributed by atoms with E-state index in [1.165, 1.54) is 0 Å². The molecule has 0 bridgehead atoms. The van der Waals surface area contributed by atoms with Crippen LogP contribution in [0.3, 0.4) is 0 Å². The number of amides is 1.